The number of amides is 1. The number of halogens is 2. The van der Waals surface area contributed by atoms with Crippen LogP contribution in [0.15, 0.2) is 18.3 Å². The van der Waals surface area contributed by atoms with Crippen LogP contribution in [0.5, 0.6) is 0 Å². The highest BCUT2D eigenvalue weighted by molar-refractivity contribution is 5.93. The summed E-state index contributed by atoms with van der Waals surface area (Å²) in [5, 5.41) is 6.27. The number of pyridine rings is 1. The van der Waals surface area contributed by atoms with Gasteiger partial charge in [-0.1, -0.05) is 0 Å². The van der Waals surface area contributed by atoms with Crippen molar-refractivity contribution in [2.24, 2.45) is 0 Å². The number of rotatable bonds is 9. The first-order chi connectivity index (χ1) is 9.59. The average molecular weight is 351 g/mol. The quantitative estimate of drug-likeness (QED) is 0.667. The van der Waals surface area contributed by atoms with E-state index in [0.717, 1.165) is 38.2 Å². The predicted molar refractivity (Wildman–Crippen MR) is 96.5 cm³/mol. The first kappa shape index (κ1) is 23.4. The van der Waals surface area contributed by atoms with E-state index in [1.807, 2.05) is 13.0 Å². The van der Waals surface area contributed by atoms with Crippen molar-refractivity contribution in [1.82, 2.24) is 20.5 Å². The Balaban J connectivity index is 0. The van der Waals surface area contributed by atoms with E-state index in [2.05, 4.69) is 34.6 Å². The Morgan fingerprint density at radius 3 is 2.41 bits per heavy atom. The van der Waals surface area contributed by atoms with Crippen molar-refractivity contribution < 1.29 is 4.79 Å². The molecule has 1 heterocycles. The SMILES string of the molecule is Cc1ccc(C(=O)NCCCNCCCN(C)C)cn1.Cl.Cl. The van der Waals surface area contributed by atoms with E-state index in [9.17, 15) is 4.79 Å². The molecule has 0 fully saturated rings. The van der Waals surface area contributed by atoms with Gasteiger partial charge in [-0.25, -0.2) is 0 Å². The lowest BCUT2D eigenvalue weighted by Crippen LogP contribution is -2.28. The molecule has 0 atom stereocenters. The van der Waals surface area contributed by atoms with Crippen LogP contribution in [0.25, 0.3) is 0 Å². The monoisotopic (exact) mass is 350 g/mol. The third kappa shape index (κ3) is 10.8. The highest BCUT2D eigenvalue weighted by atomic mass is 35.5. The van der Waals surface area contributed by atoms with Gasteiger partial charge in [-0.05, 0) is 65.6 Å². The highest BCUT2D eigenvalue weighted by Crippen LogP contribution is 1.98. The van der Waals surface area contributed by atoms with Crippen LogP contribution in [0, 0.1) is 6.92 Å². The Morgan fingerprint density at radius 2 is 1.82 bits per heavy atom. The zero-order valence-corrected chi connectivity index (χ0v) is 15.2. The maximum atomic E-state index is 11.8. The Morgan fingerprint density at radius 1 is 1.14 bits per heavy atom. The minimum absolute atomic E-state index is 0. The third-order valence-corrected chi connectivity index (χ3v) is 2.95. The summed E-state index contributed by atoms with van der Waals surface area (Å²) < 4.78 is 0. The fourth-order valence-corrected chi connectivity index (χ4v) is 1.76. The normalized spacial score (nSPS) is 9.82. The minimum atomic E-state index is -0.0508. The smallest absolute Gasteiger partial charge is 0.252 e. The van der Waals surface area contributed by atoms with Crippen LogP contribution in [0.3, 0.4) is 0 Å². The summed E-state index contributed by atoms with van der Waals surface area (Å²) in [5.74, 6) is -0.0508. The maximum Gasteiger partial charge on any atom is 0.252 e. The van der Waals surface area contributed by atoms with Gasteiger partial charge in [-0.15, -0.1) is 24.8 Å². The van der Waals surface area contributed by atoms with Gasteiger partial charge < -0.3 is 15.5 Å². The van der Waals surface area contributed by atoms with Gasteiger partial charge >= 0.3 is 0 Å². The fraction of sp³-hybridized carbons (Fsp3) is 0.600. The van der Waals surface area contributed by atoms with Crippen LogP contribution in [-0.4, -0.2) is 56.1 Å². The molecule has 1 amide bonds. The number of carbonyl (C=O) groups excluding carboxylic acids is 1. The highest BCUT2D eigenvalue weighted by Gasteiger charge is 2.04. The molecule has 0 saturated carbocycles. The van der Waals surface area contributed by atoms with Gasteiger partial charge in [0.2, 0.25) is 0 Å². The minimum Gasteiger partial charge on any atom is -0.352 e. The average Bonchev–Trinajstić information content (AvgIpc) is 2.42. The zero-order valence-electron chi connectivity index (χ0n) is 13.6. The number of carbonyl (C=O) groups is 1. The lowest BCUT2D eigenvalue weighted by Gasteiger charge is -2.10. The Kier molecular flexibility index (Phi) is 14.6. The molecule has 0 saturated heterocycles. The third-order valence-electron chi connectivity index (χ3n) is 2.95. The lowest BCUT2D eigenvalue weighted by atomic mass is 10.2. The van der Waals surface area contributed by atoms with Gasteiger partial charge in [-0.2, -0.15) is 0 Å². The second-order valence-corrected chi connectivity index (χ2v) is 5.20. The van der Waals surface area contributed by atoms with Crippen molar-refractivity contribution in [1.29, 1.82) is 0 Å². The van der Waals surface area contributed by atoms with E-state index in [1.54, 1.807) is 12.3 Å². The molecule has 5 nitrogen and oxygen atoms in total. The molecule has 0 aromatic carbocycles. The van der Waals surface area contributed by atoms with Crippen molar-refractivity contribution in [2.75, 3.05) is 40.3 Å². The Hall–Kier alpha value is -0.880. The summed E-state index contributed by atoms with van der Waals surface area (Å²) in [6.07, 6.45) is 3.70. The molecule has 0 aliphatic heterocycles. The van der Waals surface area contributed by atoms with Gasteiger partial charge in [-0.3, -0.25) is 9.78 Å². The van der Waals surface area contributed by atoms with Crippen molar-refractivity contribution in [3.05, 3.63) is 29.6 Å². The fourth-order valence-electron chi connectivity index (χ4n) is 1.76. The van der Waals surface area contributed by atoms with Gasteiger partial charge in [0.25, 0.3) is 5.91 Å². The maximum absolute atomic E-state index is 11.8. The van der Waals surface area contributed by atoms with E-state index in [0.29, 0.717) is 12.1 Å². The van der Waals surface area contributed by atoms with Gasteiger partial charge in [0.15, 0.2) is 0 Å². The van der Waals surface area contributed by atoms with E-state index in [-0.39, 0.29) is 30.7 Å². The van der Waals surface area contributed by atoms with Crippen LogP contribution >= 0.6 is 24.8 Å². The van der Waals surface area contributed by atoms with Crippen LogP contribution in [-0.2, 0) is 0 Å². The van der Waals surface area contributed by atoms with E-state index < -0.39 is 0 Å². The first-order valence-electron chi connectivity index (χ1n) is 7.16. The molecule has 0 aliphatic carbocycles. The van der Waals surface area contributed by atoms with Crippen LogP contribution in [0.4, 0.5) is 0 Å². The van der Waals surface area contributed by atoms with E-state index in [1.165, 1.54) is 0 Å². The number of hydrogen-bond acceptors (Lipinski definition) is 4. The van der Waals surface area contributed by atoms with Crippen molar-refractivity contribution in [2.45, 2.75) is 19.8 Å². The standard InChI is InChI=1S/C15H26N4O.2ClH/c1-13-6-7-14(12-18-13)15(20)17-10-4-8-16-9-5-11-19(2)3;;/h6-7,12,16H,4-5,8-11H2,1-3H3,(H,17,20);2*1H. The number of aryl methyl sites for hydroxylation is 1. The summed E-state index contributed by atoms with van der Waals surface area (Å²) in [6.45, 7) is 5.65. The molecular weight excluding hydrogens is 323 g/mol. The molecule has 0 aliphatic rings. The number of nitrogens with zero attached hydrogens (tertiary/aromatic N) is 2. The van der Waals surface area contributed by atoms with E-state index >= 15 is 0 Å². The largest absolute Gasteiger partial charge is 0.352 e. The number of nitrogens with one attached hydrogen (secondary N) is 2. The summed E-state index contributed by atoms with van der Waals surface area (Å²) in [7, 11) is 4.16. The summed E-state index contributed by atoms with van der Waals surface area (Å²) in [5.41, 5.74) is 1.54. The van der Waals surface area contributed by atoms with Crippen LogP contribution in [0.1, 0.15) is 28.9 Å². The second-order valence-electron chi connectivity index (χ2n) is 5.20. The summed E-state index contributed by atoms with van der Waals surface area (Å²) >= 11 is 0. The molecule has 22 heavy (non-hydrogen) atoms. The lowest BCUT2D eigenvalue weighted by molar-refractivity contribution is 0.0953. The topological polar surface area (TPSA) is 57.3 Å². The van der Waals surface area contributed by atoms with Crippen molar-refractivity contribution in [3.63, 3.8) is 0 Å². The summed E-state index contributed by atoms with van der Waals surface area (Å²) in [6, 6.07) is 3.65. The van der Waals surface area contributed by atoms with Gasteiger partial charge in [0.1, 0.15) is 0 Å². The van der Waals surface area contributed by atoms with Crippen LogP contribution in [0.2, 0.25) is 0 Å². The zero-order chi connectivity index (χ0) is 14.8. The van der Waals surface area contributed by atoms with Gasteiger partial charge in [0.05, 0.1) is 5.56 Å². The van der Waals surface area contributed by atoms with Crippen molar-refractivity contribution in [3.8, 4) is 0 Å². The molecular formula is C15H28Cl2N4O. The summed E-state index contributed by atoms with van der Waals surface area (Å²) in [4.78, 5) is 18.1. The number of hydrogen-bond donors (Lipinski definition) is 2. The molecule has 1 aromatic rings. The van der Waals surface area contributed by atoms with Crippen molar-refractivity contribution >= 4 is 30.7 Å². The molecule has 128 valence electrons. The molecule has 0 unspecified atom stereocenters. The molecule has 0 radical (unpaired) electrons. The Bertz CT molecular complexity index is 399. The Labute approximate surface area is 146 Å². The number of aromatic nitrogens is 1. The molecule has 7 heteroatoms. The van der Waals surface area contributed by atoms with Crippen LogP contribution < -0.4 is 10.6 Å². The van der Waals surface area contributed by atoms with E-state index in [4.69, 9.17) is 0 Å². The molecule has 1 rings (SSSR count). The predicted octanol–water partition coefficient (Wildman–Crippen LogP) is 1.89. The second kappa shape index (κ2) is 13.8. The molecule has 2 N–H and O–H groups in total. The molecule has 0 bridgehead atoms. The first-order valence-corrected chi connectivity index (χ1v) is 7.16. The van der Waals surface area contributed by atoms with Gasteiger partial charge in [0, 0.05) is 18.4 Å². The molecule has 1 aromatic heterocycles. The molecule has 0 spiro atoms.